The number of ether oxygens (including phenoxy) is 1. The average molecular weight is 333 g/mol. The predicted molar refractivity (Wildman–Crippen MR) is 90.6 cm³/mol. The van der Waals surface area contributed by atoms with E-state index in [4.69, 9.17) is 4.74 Å². The van der Waals surface area contributed by atoms with Gasteiger partial charge in [0.1, 0.15) is 0 Å². The number of hydrogen-bond donors (Lipinski definition) is 2. The Morgan fingerprint density at radius 3 is 2.87 bits per heavy atom. The molecule has 0 fully saturated rings. The minimum atomic E-state index is -0.513. The molecule has 0 aliphatic rings. The number of anilines is 1. The Hall–Kier alpha value is -2.41. The maximum atomic E-state index is 11.9. The van der Waals surface area contributed by atoms with Crippen LogP contribution in [-0.2, 0) is 9.53 Å². The van der Waals surface area contributed by atoms with Crippen molar-refractivity contribution in [3.05, 3.63) is 34.7 Å². The van der Waals surface area contributed by atoms with Crippen LogP contribution in [0, 0.1) is 6.92 Å². The Labute approximate surface area is 138 Å². The zero-order chi connectivity index (χ0) is 16.7. The number of aryl methyl sites for hydroxylation is 1. The lowest BCUT2D eigenvalue weighted by Gasteiger charge is -2.07. The maximum absolute atomic E-state index is 11.9. The van der Waals surface area contributed by atoms with Gasteiger partial charge in [-0.1, -0.05) is 12.1 Å². The molecule has 2 rings (SSSR count). The Morgan fingerprint density at radius 2 is 2.17 bits per heavy atom. The van der Waals surface area contributed by atoms with Crippen molar-refractivity contribution in [2.45, 2.75) is 20.3 Å². The van der Waals surface area contributed by atoms with Gasteiger partial charge in [-0.15, -0.1) is 11.3 Å². The topological polar surface area (TPSA) is 80.3 Å². The number of rotatable bonds is 6. The van der Waals surface area contributed by atoms with Crippen LogP contribution in [-0.4, -0.2) is 30.1 Å². The van der Waals surface area contributed by atoms with Gasteiger partial charge in [0, 0.05) is 29.6 Å². The number of aromatic nitrogens is 1. The number of carbonyl (C=O) groups is 2. The van der Waals surface area contributed by atoms with E-state index in [9.17, 15) is 9.59 Å². The van der Waals surface area contributed by atoms with E-state index >= 15 is 0 Å². The zero-order valence-corrected chi connectivity index (χ0v) is 13.9. The molecule has 0 atom stereocenters. The minimum absolute atomic E-state index is 0.173. The Morgan fingerprint density at radius 1 is 1.35 bits per heavy atom. The monoisotopic (exact) mass is 333 g/mol. The molecule has 23 heavy (non-hydrogen) atoms. The van der Waals surface area contributed by atoms with Crippen LogP contribution in [0.1, 0.15) is 18.4 Å². The quantitative estimate of drug-likeness (QED) is 0.851. The lowest BCUT2D eigenvalue weighted by molar-refractivity contribution is -0.116. The SMILES string of the molecule is CCOC(=O)NCCC(=O)Nc1cccc(-c2csc(C)n2)c1. The van der Waals surface area contributed by atoms with Crippen LogP contribution in [0.4, 0.5) is 10.5 Å². The summed E-state index contributed by atoms with van der Waals surface area (Å²) in [4.78, 5) is 27.4. The van der Waals surface area contributed by atoms with Crippen molar-refractivity contribution in [2.24, 2.45) is 0 Å². The number of nitrogens with one attached hydrogen (secondary N) is 2. The van der Waals surface area contributed by atoms with E-state index in [2.05, 4.69) is 15.6 Å². The molecule has 6 nitrogen and oxygen atoms in total. The third-order valence-electron chi connectivity index (χ3n) is 2.96. The molecule has 0 bridgehead atoms. The average Bonchev–Trinajstić information content (AvgIpc) is 2.94. The molecule has 0 saturated carbocycles. The summed E-state index contributed by atoms with van der Waals surface area (Å²) >= 11 is 1.59. The molecule has 0 radical (unpaired) electrons. The van der Waals surface area contributed by atoms with Crippen molar-refractivity contribution in [2.75, 3.05) is 18.5 Å². The van der Waals surface area contributed by atoms with Gasteiger partial charge >= 0.3 is 6.09 Å². The van der Waals surface area contributed by atoms with E-state index in [1.165, 1.54) is 0 Å². The summed E-state index contributed by atoms with van der Waals surface area (Å²) < 4.78 is 4.72. The highest BCUT2D eigenvalue weighted by Crippen LogP contribution is 2.24. The van der Waals surface area contributed by atoms with Gasteiger partial charge < -0.3 is 15.4 Å². The Kier molecular flexibility index (Phi) is 6.10. The number of hydrogen-bond acceptors (Lipinski definition) is 5. The number of alkyl carbamates (subject to hydrolysis) is 1. The molecular weight excluding hydrogens is 314 g/mol. The summed E-state index contributed by atoms with van der Waals surface area (Å²) in [6, 6.07) is 7.52. The van der Waals surface area contributed by atoms with Crippen molar-refractivity contribution in [1.29, 1.82) is 0 Å². The fourth-order valence-electron chi connectivity index (χ4n) is 1.94. The third kappa shape index (κ3) is 5.37. The first kappa shape index (κ1) is 17.0. The number of benzene rings is 1. The van der Waals surface area contributed by atoms with Gasteiger partial charge in [-0.2, -0.15) is 0 Å². The summed E-state index contributed by atoms with van der Waals surface area (Å²) in [6.07, 6.45) is -0.333. The summed E-state index contributed by atoms with van der Waals surface area (Å²) in [5, 5.41) is 8.30. The molecule has 0 aliphatic carbocycles. The first-order valence-electron chi connectivity index (χ1n) is 7.31. The van der Waals surface area contributed by atoms with Crippen LogP contribution in [0.2, 0.25) is 0 Å². The van der Waals surface area contributed by atoms with E-state index in [-0.39, 0.29) is 18.9 Å². The normalized spacial score (nSPS) is 10.2. The molecule has 7 heteroatoms. The second kappa shape index (κ2) is 8.28. The van der Waals surface area contributed by atoms with E-state index in [1.54, 1.807) is 18.3 Å². The second-order valence-electron chi connectivity index (χ2n) is 4.78. The molecule has 1 aromatic heterocycles. The van der Waals surface area contributed by atoms with Crippen molar-refractivity contribution < 1.29 is 14.3 Å². The lowest BCUT2D eigenvalue weighted by atomic mass is 10.1. The third-order valence-corrected chi connectivity index (χ3v) is 3.73. The molecule has 0 spiro atoms. The van der Waals surface area contributed by atoms with Gasteiger partial charge in [-0.25, -0.2) is 9.78 Å². The van der Waals surface area contributed by atoms with Crippen LogP contribution < -0.4 is 10.6 Å². The highest BCUT2D eigenvalue weighted by Gasteiger charge is 2.07. The van der Waals surface area contributed by atoms with E-state index in [0.29, 0.717) is 12.3 Å². The van der Waals surface area contributed by atoms with Crippen molar-refractivity contribution in [3.8, 4) is 11.3 Å². The van der Waals surface area contributed by atoms with Gasteiger partial charge in [0.15, 0.2) is 0 Å². The van der Waals surface area contributed by atoms with E-state index in [1.807, 2.05) is 36.6 Å². The van der Waals surface area contributed by atoms with Crippen molar-refractivity contribution in [3.63, 3.8) is 0 Å². The standard InChI is InChI=1S/C16H19N3O3S/c1-3-22-16(21)17-8-7-15(20)19-13-6-4-5-12(9-13)14-10-23-11(2)18-14/h4-6,9-10H,3,7-8H2,1-2H3,(H,17,21)(H,19,20). The number of nitrogens with zero attached hydrogens (tertiary/aromatic N) is 1. The van der Waals surface area contributed by atoms with Crippen LogP contribution in [0.3, 0.4) is 0 Å². The number of thiazole rings is 1. The van der Waals surface area contributed by atoms with Gasteiger partial charge in [0.05, 0.1) is 17.3 Å². The summed E-state index contributed by atoms with van der Waals surface area (Å²) in [6.45, 7) is 4.22. The molecule has 2 amide bonds. The lowest BCUT2D eigenvalue weighted by Crippen LogP contribution is -2.28. The molecule has 0 unspecified atom stereocenters. The molecule has 1 heterocycles. The van der Waals surface area contributed by atoms with E-state index < -0.39 is 6.09 Å². The van der Waals surface area contributed by atoms with Crippen molar-refractivity contribution >= 4 is 29.0 Å². The molecular formula is C16H19N3O3S. The number of amides is 2. The second-order valence-corrected chi connectivity index (χ2v) is 5.84. The summed E-state index contributed by atoms with van der Waals surface area (Å²) in [7, 11) is 0. The molecule has 1 aromatic carbocycles. The van der Waals surface area contributed by atoms with Gasteiger partial charge in [-0.05, 0) is 26.0 Å². The molecule has 2 aromatic rings. The highest BCUT2D eigenvalue weighted by atomic mass is 32.1. The van der Waals surface area contributed by atoms with Crippen LogP contribution in [0.15, 0.2) is 29.6 Å². The molecule has 122 valence electrons. The smallest absolute Gasteiger partial charge is 0.407 e. The van der Waals surface area contributed by atoms with Gasteiger partial charge in [0.2, 0.25) is 5.91 Å². The molecule has 2 N–H and O–H groups in total. The fourth-order valence-corrected chi connectivity index (χ4v) is 2.56. The first-order valence-corrected chi connectivity index (χ1v) is 8.19. The predicted octanol–water partition coefficient (Wildman–Crippen LogP) is 3.19. The highest BCUT2D eigenvalue weighted by molar-refractivity contribution is 7.09. The maximum Gasteiger partial charge on any atom is 0.407 e. The van der Waals surface area contributed by atoms with E-state index in [0.717, 1.165) is 16.3 Å². The van der Waals surface area contributed by atoms with Crippen molar-refractivity contribution in [1.82, 2.24) is 10.3 Å². The first-order chi connectivity index (χ1) is 11.1. The Balaban J connectivity index is 1.88. The largest absolute Gasteiger partial charge is 0.450 e. The Bertz CT molecular complexity index is 685. The zero-order valence-electron chi connectivity index (χ0n) is 13.1. The fraction of sp³-hybridized carbons (Fsp3) is 0.312. The van der Waals surface area contributed by atoms with Gasteiger partial charge in [-0.3, -0.25) is 4.79 Å². The summed E-state index contributed by atoms with van der Waals surface area (Å²) in [5.74, 6) is -0.173. The minimum Gasteiger partial charge on any atom is -0.450 e. The number of carbonyl (C=O) groups excluding carboxylic acids is 2. The summed E-state index contributed by atoms with van der Waals surface area (Å²) in [5.41, 5.74) is 2.55. The molecule has 0 aliphatic heterocycles. The van der Waals surface area contributed by atoms with Crippen LogP contribution in [0.25, 0.3) is 11.3 Å². The van der Waals surface area contributed by atoms with Gasteiger partial charge in [0.25, 0.3) is 0 Å². The molecule has 0 saturated heterocycles. The van der Waals surface area contributed by atoms with Crippen LogP contribution >= 0.6 is 11.3 Å². The van der Waals surface area contributed by atoms with Crippen LogP contribution in [0.5, 0.6) is 0 Å².